The molecule has 1 aliphatic rings. The summed E-state index contributed by atoms with van der Waals surface area (Å²) in [5.41, 5.74) is 1.77. The van der Waals surface area contributed by atoms with Crippen LogP contribution in [0.25, 0.3) is 11.0 Å². The number of likely N-dealkylation sites (tertiary alicyclic amines) is 1. The number of para-hydroxylation sites is 2. The molecule has 0 spiro atoms. The summed E-state index contributed by atoms with van der Waals surface area (Å²) < 4.78 is 40.0. The lowest BCUT2D eigenvalue weighted by Gasteiger charge is -2.31. The van der Waals surface area contributed by atoms with E-state index in [1.54, 1.807) is 0 Å². The lowest BCUT2D eigenvalue weighted by atomic mass is 9.96. The average molecular weight is 416 g/mol. The van der Waals surface area contributed by atoms with E-state index in [-0.39, 0.29) is 12.5 Å². The van der Waals surface area contributed by atoms with Gasteiger partial charge in [0, 0.05) is 12.2 Å². The Hall–Kier alpha value is -2.87. The van der Waals surface area contributed by atoms with Crippen LogP contribution >= 0.6 is 0 Å². The minimum absolute atomic E-state index is 0.214. The predicted octanol–water partition coefficient (Wildman–Crippen LogP) is 4.41. The minimum Gasteiger partial charge on any atom is -0.330 e. The van der Waals surface area contributed by atoms with E-state index in [9.17, 15) is 18.0 Å². The summed E-state index contributed by atoms with van der Waals surface area (Å²) in [6.45, 7) is 2.78. The molecular formula is C22H23F3N4O. The molecule has 1 saturated heterocycles. The molecule has 0 radical (unpaired) electrons. The van der Waals surface area contributed by atoms with Gasteiger partial charge < -0.3 is 9.88 Å². The summed E-state index contributed by atoms with van der Waals surface area (Å²) in [5, 5.41) is 2.68. The Morgan fingerprint density at radius 3 is 2.47 bits per heavy atom. The first-order chi connectivity index (χ1) is 14.4. The maximum absolute atomic E-state index is 12.6. The fourth-order valence-electron chi connectivity index (χ4n) is 3.91. The van der Waals surface area contributed by atoms with Gasteiger partial charge in [-0.3, -0.25) is 9.69 Å². The van der Waals surface area contributed by atoms with E-state index in [1.807, 2.05) is 24.5 Å². The van der Waals surface area contributed by atoms with Crippen LogP contribution in [-0.4, -0.2) is 40.0 Å². The topological polar surface area (TPSA) is 50.2 Å². The van der Waals surface area contributed by atoms with Gasteiger partial charge in [-0.2, -0.15) is 13.2 Å². The second-order valence-electron chi connectivity index (χ2n) is 7.73. The molecule has 0 atom stereocenters. The molecule has 0 bridgehead atoms. The van der Waals surface area contributed by atoms with Gasteiger partial charge in [0.25, 0.3) is 0 Å². The number of carbonyl (C=O) groups is 1. The second kappa shape index (κ2) is 8.47. The van der Waals surface area contributed by atoms with Crippen LogP contribution in [0.2, 0.25) is 0 Å². The van der Waals surface area contributed by atoms with Crippen molar-refractivity contribution in [3.8, 4) is 0 Å². The van der Waals surface area contributed by atoms with Crippen molar-refractivity contribution in [2.24, 2.45) is 5.92 Å². The Labute approximate surface area is 172 Å². The van der Waals surface area contributed by atoms with E-state index < -0.39 is 11.7 Å². The number of anilines is 1. The quantitative estimate of drug-likeness (QED) is 0.671. The van der Waals surface area contributed by atoms with E-state index >= 15 is 0 Å². The highest BCUT2D eigenvalue weighted by Crippen LogP contribution is 2.29. The zero-order chi connectivity index (χ0) is 21.1. The maximum atomic E-state index is 12.6. The number of imidazole rings is 1. The second-order valence-corrected chi connectivity index (χ2v) is 7.73. The molecule has 1 aromatic heterocycles. The SMILES string of the molecule is O=C(CN1CCC(Cn2cnc3ccccc32)CC1)Nc1ccc(C(F)(F)F)cc1. The number of hydrogen-bond acceptors (Lipinski definition) is 3. The van der Waals surface area contributed by atoms with Gasteiger partial charge in [0.1, 0.15) is 0 Å². The molecule has 0 saturated carbocycles. The molecule has 30 heavy (non-hydrogen) atoms. The van der Waals surface area contributed by atoms with Gasteiger partial charge >= 0.3 is 6.18 Å². The molecule has 1 fully saturated rings. The molecule has 8 heteroatoms. The van der Waals surface area contributed by atoms with Gasteiger partial charge in [0.15, 0.2) is 0 Å². The fraction of sp³-hybridized carbons (Fsp3) is 0.364. The summed E-state index contributed by atoms with van der Waals surface area (Å²) in [4.78, 5) is 18.8. The van der Waals surface area contributed by atoms with Gasteiger partial charge in [0.05, 0.1) is 29.5 Å². The normalized spacial score (nSPS) is 16.1. The monoisotopic (exact) mass is 416 g/mol. The Balaban J connectivity index is 1.25. The molecule has 2 aromatic carbocycles. The number of alkyl halides is 3. The van der Waals surface area contributed by atoms with Crippen LogP contribution in [-0.2, 0) is 17.5 Å². The summed E-state index contributed by atoms with van der Waals surface area (Å²) >= 11 is 0. The number of hydrogen-bond donors (Lipinski definition) is 1. The first-order valence-corrected chi connectivity index (χ1v) is 9.98. The lowest BCUT2D eigenvalue weighted by molar-refractivity contribution is -0.137. The first-order valence-electron chi connectivity index (χ1n) is 9.98. The molecular weight excluding hydrogens is 393 g/mol. The molecule has 0 unspecified atom stereocenters. The number of benzene rings is 2. The zero-order valence-corrected chi connectivity index (χ0v) is 16.4. The number of rotatable bonds is 5. The van der Waals surface area contributed by atoms with Crippen molar-refractivity contribution in [3.05, 3.63) is 60.4 Å². The third-order valence-corrected chi connectivity index (χ3v) is 5.55. The van der Waals surface area contributed by atoms with Crippen LogP contribution in [0, 0.1) is 5.92 Å². The molecule has 1 amide bonds. The molecule has 1 aliphatic heterocycles. The average Bonchev–Trinajstić information content (AvgIpc) is 3.12. The number of halogens is 3. The molecule has 1 N–H and O–H groups in total. The van der Waals surface area contributed by atoms with E-state index in [0.717, 1.165) is 55.6 Å². The van der Waals surface area contributed by atoms with Crippen LogP contribution in [0.5, 0.6) is 0 Å². The Morgan fingerprint density at radius 2 is 1.77 bits per heavy atom. The first kappa shape index (κ1) is 20.4. The van der Waals surface area contributed by atoms with Crippen molar-refractivity contribution in [1.29, 1.82) is 0 Å². The van der Waals surface area contributed by atoms with E-state index in [1.165, 1.54) is 12.1 Å². The van der Waals surface area contributed by atoms with Crippen molar-refractivity contribution in [2.45, 2.75) is 25.6 Å². The Bertz CT molecular complexity index is 1010. The molecule has 5 nitrogen and oxygen atoms in total. The van der Waals surface area contributed by atoms with E-state index in [0.29, 0.717) is 11.6 Å². The summed E-state index contributed by atoms with van der Waals surface area (Å²) in [7, 11) is 0. The summed E-state index contributed by atoms with van der Waals surface area (Å²) in [6, 6.07) is 12.6. The van der Waals surface area contributed by atoms with Gasteiger partial charge in [0.2, 0.25) is 5.91 Å². The van der Waals surface area contributed by atoms with E-state index in [2.05, 4.69) is 25.8 Å². The van der Waals surface area contributed by atoms with Crippen molar-refractivity contribution >= 4 is 22.6 Å². The van der Waals surface area contributed by atoms with Gasteiger partial charge in [-0.1, -0.05) is 12.1 Å². The number of amides is 1. The van der Waals surface area contributed by atoms with Crippen molar-refractivity contribution in [3.63, 3.8) is 0 Å². The van der Waals surface area contributed by atoms with Crippen LogP contribution in [0.3, 0.4) is 0 Å². The van der Waals surface area contributed by atoms with Gasteiger partial charge in [-0.05, 0) is 68.2 Å². The standard InChI is InChI=1S/C22H23F3N4O/c23-22(24,25)17-5-7-18(8-6-17)27-21(30)14-28-11-9-16(10-12-28)13-29-15-26-19-3-1-2-4-20(19)29/h1-8,15-16H,9-14H2,(H,27,30). The Kier molecular flexibility index (Phi) is 5.76. The van der Waals surface area contributed by atoms with Crippen molar-refractivity contribution in [1.82, 2.24) is 14.5 Å². The largest absolute Gasteiger partial charge is 0.416 e. The number of piperidine rings is 1. The number of nitrogens with zero attached hydrogens (tertiary/aromatic N) is 3. The smallest absolute Gasteiger partial charge is 0.330 e. The van der Waals surface area contributed by atoms with Gasteiger partial charge in [-0.15, -0.1) is 0 Å². The fourth-order valence-corrected chi connectivity index (χ4v) is 3.91. The third-order valence-electron chi connectivity index (χ3n) is 5.55. The van der Waals surface area contributed by atoms with Crippen LogP contribution in [0.1, 0.15) is 18.4 Å². The minimum atomic E-state index is -4.38. The van der Waals surface area contributed by atoms with Crippen molar-refractivity contribution in [2.75, 3.05) is 25.0 Å². The molecule has 158 valence electrons. The highest BCUT2D eigenvalue weighted by molar-refractivity contribution is 5.92. The van der Waals surface area contributed by atoms with Crippen LogP contribution in [0.4, 0.5) is 18.9 Å². The third kappa shape index (κ3) is 4.81. The Morgan fingerprint density at radius 1 is 1.07 bits per heavy atom. The molecule has 2 heterocycles. The highest BCUT2D eigenvalue weighted by atomic mass is 19.4. The molecule has 4 rings (SSSR count). The lowest BCUT2D eigenvalue weighted by Crippen LogP contribution is -2.39. The van der Waals surface area contributed by atoms with Crippen LogP contribution < -0.4 is 5.32 Å². The maximum Gasteiger partial charge on any atom is 0.416 e. The summed E-state index contributed by atoms with van der Waals surface area (Å²) in [6.07, 6.45) is -0.523. The molecule has 3 aromatic rings. The highest BCUT2D eigenvalue weighted by Gasteiger charge is 2.30. The number of fused-ring (bicyclic) bond motifs is 1. The van der Waals surface area contributed by atoms with Crippen LogP contribution in [0.15, 0.2) is 54.9 Å². The predicted molar refractivity (Wildman–Crippen MR) is 109 cm³/mol. The number of nitrogens with one attached hydrogen (secondary N) is 1. The number of aromatic nitrogens is 2. The summed E-state index contributed by atoms with van der Waals surface area (Å²) in [5.74, 6) is 0.311. The van der Waals surface area contributed by atoms with Gasteiger partial charge in [-0.25, -0.2) is 4.98 Å². The molecule has 0 aliphatic carbocycles. The van der Waals surface area contributed by atoms with E-state index in [4.69, 9.17) is 0 Å². The van der Waals surface area contributed by atoms with Crippen molar-refractivity contribution < 1.29 is 18.0 Å². The number of carbonyl (C=O) groups excluding carboxylic acids is 1. The zero-order valence-electron chi connectivity index (χ0n) is 16.4.